The molecule has 3 nitrogen and oxygen atoms in total. The highest BCUT2D eigenvalue weighted by Gasteiger charge is 2.06. The molecule has 2 aromatic heterocycles. The summed E-state index contributed by atoms with van der Waals surface area (Å²) in [5.74, 6) is 0. The molecule has 4 heteroatoms. The predicted octanol–water partition coefficient (Wildman–Crippen LogP) is 3.58. The molecule has 0 aliphatic heterocycles. The van der Waals surface area contributed by atoms with Crippen molar-refractivity contribution in [3.05, 3.63) is 52.3 Å². The van der Waals surface area contributed by atoms with Crippen molar-refractivity contribution >= 4 is 28.4 Å². The number of thiazole rings is 1. The minimum absolute atomic E-state index is 0.941. The van der Waals surface area contributed by atoms with Gasteiger partial charge in [0.1, 0.15) is 6.33 Å². The topological polar surface area (TPSA) is 30.2 Å². The molecule has 0 radical (unpaired) electrons. The number of hydrogen-bond acceptors (Lipinski definition) is 3. The number of rotatable bonds is 2. The summed E-state index contributed by atoms with van der Waals surface area (Å²) in [5, 5.41) is 4.19. The molecule has 2 heterocycles. The zero-order valence-electron chi connectivity index (χ0n) is 10.3. The third-order valence-electron chi connectivity index (χ3n) is 2.90. The fourth-order valence-corrected chi connectivity index (χ4v) is 2.75. The molecule has 0 aliphatic carbocycles. The van der Waals surface area contributed by atoms with Gasteiger partial charge in [0.05, 0.1) is 10.6 Å². The van der Waals surface area contributed by atoms with Gasteiger partial charge < -0.3 is 0 Å². The van der Waals surface area contributed by atoms with Crippen molar-refractivity contribution < 1.29 is 0 Å². The SMILES string of the molecule is Cc1ccc(/C=C/c2sc3ncnn3c2C)cc1. The van der Waals surface area contributed by atoms with Crippen LogP contribution >= 0.6 is 11.3 Å². The van der Waals surface area contributed by atoms with Gasteiger partial charge in [-0.05, 0) is 25.5 Å². The Hall–Kier alpha value is -1.94. The normalized spacial score (nSPS) is 11.7. The molecule has 0 spiro atoms. The summed E-state index contributed by atoms with van der Waals surface area (Å²) in [7, 11) is 0. The van der Waals surface area contributed by atoms with Crippen LogP contribution < -0.4 is 0 Å². The van der Waals surface area contributed by atoms with Crippen LogP contribution in [0.25, 0.3) is 17.1 Å². The Balaban J connectivity index is 1.93. The highest BCUT2D eigenvalue weighted by atomic mass is 32.1. The van der Waals surface area contributed by atoms with Crippen LogP contribution in [0.2, 0.25) is 0 Å². The number of nitrogens with zero attached hydrogens (tertiary/aromatic N) is 3. The molecule has 0 bridgehead atoms. The molecule has 0 N–H and O–H groups in total. The Morgan fingerprint density at radius 1 is 1.11 bits per heavy atom. The van der Waals surface area contributed by atoms with Gasteiger partial charge in [-0.25, -0.2) is 9.50 Å². The molecule has 3 rings (SSSR count). The molecular weight excluding hydrogens is 242 g/mol. The lowest BCUT2D eigenvalue weighted by atomic mass is 10.1. The Morgan fingerprint density at radius 2 is 1.89 bits per heavy atom. The fourth-order valence-electron chi connectivity index (χ4n) is 1.81. The lowest BCUT2D eigenvalue weighted by molar-refractivity contribution is 0.930. The number of aromatic nitrogens is 3. The average Bonchev–Trinajstić information content (AvgIpc) is 2.93. The van der Waals surface area contributed by atoms with Crippen molar-refractivity contribution in [2.24, 2.45) is 0 Å². The van der Waals surface area contributed by atoms with E-state index in [1.165, 1.54) is 16.0 Å². The van der Waals surface area contributed by atoms with E-state index in [-0.39, 0.29) is 0 Å². The van der Waals surface area contributed by atoms with Gasteiger partial charge in [0.15, 0.2) is 0 Å². The summed E-state index contributed by atoms with van der Waals surface area (Å²) in [6.07, 6.45) is 5.84. The molecule has 1 aromatic carbocycles. The molecule has 0 atom stereocenters. The Morgan fingerprint density at radius 3 is 2.61 bits per heavy atom. The minimum Gasteiger partial charge on any atom is -0.208 e. The lowest BCUT2D eigenvalue weighted by Gasteiger charge is -1.94. The number of benzene rings is 1. The van der Waals surface area contributed by atoms with Crippen LogP contribution in [0.15, 0.2) is 30.6 Å². The van der Waals surface area contributed by atoms with Gasteiger partial charge in [-0.15, -0.1) is 0 Å². The Kier molecular flexibility index (Phi) is 2.72. The maximum absolute atomic E-state index is 4.20. The maximum Gasteiger partial charge on any atom is 0.212 e. The van der Waals surface area contributed by atoms with Crippen LogP contribution in [-0.2, 0) is 0 Å². The quantitative estimate of drug-likeness (QED) is 0.700. The monoisotopic (exact) mass is 255 g/mol. The van der Waals surface area contributed by atoms with E-state index in [1.807, 2.05) is 4.52 Å². The summed E-state index contributed by atoms with van der Waals surface area (Å²) in [4.78, 5) is 6.34. The molecule has 18 heavy (non-hydrogen) atoms. The van der Waals surface area contributed by atoms with E-state index in [0.29, 0.717) is 0 Å². The van der Waals surface area contributed by atoms with Crippen molar-refractivity contribution in [1.29, 1.82) is 0 Å². The third kappa shape index (κ3) is 1.95. The Bertz CT molecular complexity index is 704. The van der Waals surface area contributed by atoms with Gasteiger partial charge in [-0.2, -0.15) is 5.10 Å². The first-order chi connectivity index (χ1) is 8.74. The highest BCUT2D eigenvalue weighted by molar-refractivity contribution is 7.18. The van der Waals surface area contributed by atoms with Crippen LogP contribution in [0.4, 0.5) is 0 Å². The molecule has 0 aliphatic rings. The van der Waals surface area contributed by atoms with Gasteiger partial charge >= 0.3 is 0 Å². The first-order valence-electron chi connectivity index (χ1n) is 5.78. The van der Waals surface area contributed by atoms with Crippen LogP contribution in [0, 0.1) is 13.8 Å². The van der Waals surface area contributed by atoms with Gasteiger partial charge in [0.25, 0.3) is 0 Å². The zero-order chi connectivity index (χ0) is 12.5. The second kappa shape index (κ2) is 4.38. The van der Waals surface area contributed by atoms with Crippen molar-refractivity contribution in [3.8, 4) is 0 Å². The van der Waals surface area contributed by atoms with Crippen molar-refractivity contribution in [1.82, 2.24) is 14.6 Å². The zero-order valence-corrected chi connectivity index (χ0v) is 11.1. The van der Waals surface area contributed by atoms with Gasteiger partial charge in [0.2, 0.25) is 4.96 Å². The van der Waals surface area contributed by atoms with E-state index in [4.69, 9.17) is 0 Å². The summed E-state index contributed by atoms with van der Waals surface area (Å²) >= 11 is 1.66. The molecule has 0 amide bonds. The molecular formula is C14H13N3S. The standard InChI is InChI=1S/C14H13N3S/c1-10-3-5-12(6-4-10)7-8-13-11(2)17-14(18-13)15-9-16-17/h3-9H,1-2H3/b8-7+. The van der Waals surface area contributed by atoms with E-state index >= 15 is 0 Å². The van der Waals surface area contributed by atoms with Crippen LogP contribution in [0.5, 0.6) is 0 Å². The fraction of sp³-hybridized carbons (Fsp3) is 0.143. The van der Waals surface area contributed by atoms with Crippen molar-refractivity contribution in [2.45, 2.75) is 13.8 Å². The van der Waals surface area contributed by atoms with Gasteiger partial charge in [-0.1, -0.05) is 47.2 Å². The summed E-state index contributed by atoms with van der Waals surface area (Å²) in [6, 6.07) is 8.49. The van der Waals surface area contributed by atoms with E-state index in [1.54, 1.807) is 17.7 Å². The molecule has 3 aromatic rings. The van der Waals surface area contributed by atoms with E-state index in [2.05, 4.69) is 60.3 Å². The average molecular weight is 255 g/mol. The van der Waals surface area contributed by atoms with E-state index in [9.17, 15) is 0 Å². The largest absolute Gasteiger partial charge is 0.212 e. The summed E-state index contributed by atoms with van der Waals surface area (Å²) in [6.45, 7) is 4.16. The Labute approximate surface area is 109 Å². The number of fused-ring (bicyclic) bond motifs is 1. The van der Waals surface area contributed by atoms with Gasteiger partial charge in [0, 0.05) is 0 Å². The molecule has 0 unspecified atom stereocenters. The third-order valence-corrected chi connectivity index (χ3v) is 4.01. The summed E-state index contributed by atoms with van der Waals surface area (Å²) in [5.41, 5.74) is 3.62. The van der Waals surface area contributed by atoms with Crippen molar-refractivity contribution in [3.63, 3.8) is 0 Å². The first kappa shape index (κ1) is 11.2. The first-order valence-corrected chi connectivity index (χ1v) is 6.59. The molecule has 0 saturated carbocycles. The number of aryl methyl sites for hydroxylation is 2. The second-order valence-electron chi connectivity index (χ2n) is 4.25. The highest BCUT2D eigenvalue weighted by Crippen LogP contribution is 2.22. The van der Waals surface area contributed by atoms with Crippen LogP contribution in [0.3, 0.4) is 0 Å². The van der Waals surface area contributed by atoms with E-state index < -0.39 is 0 Å². The van der Waals surface area contributed by atoms with E-state index in [0.717, 1.165) is 10.7 Å². The molecule has 90 valence electrons. The van der Waals surface area contributed by atoms with Crippen molar-refractivity contribution in [2.75, 3.05) is 0 Å². The maximum atomic E-state index is 4.20. The lowest BCUT2D eigenvalue weighted by Crippen LogP contribution is -1.86. The molecule has 0 saturated heterocycles. The molecule has 0 fully saturated rings. The summed E-state index contributed by atoms with van der Waals surface area (Å²) < 4.78 is 1.87. The van der Waals surface area contributed by atoms with Crippen LogP contribution in [-0.4, -0.2) is 14.6 Å². The minimum atomic E-state index is 0.941. The van der Waals surface area contributed by atoms with Gasteiger partial charge in [-0.3, -0.25) is 0 Å². The predicted molar refractivity (Wildman–Crippen MR) is 75.7 cm³/mol. The van der Waals surface area contributed by atoms with Crippen LogP contribution in [0.1, 0.15) is 21.7 Å². The number of hydrogen-bond donors (Lipinski definition) is 0. The smallest absolute Gasteiger partial charge is 0.208 e. The second-order valence-corrected chi connectivity index (χ2v) is 5.26.